The van der Waals surface area contributed by atoms with E-state index < -0.39 is 5.97 Å². The fourth-order valence-electron chi connectivity index (χ4n) is 1.62. The molecule has 1 amide bonds. The smallest absolute Gasteiger partial charge is 0.303 e. The number of thiophene rings is 1. The number of rotatable bonds is 7. The van der Waals surface area contributed by atoms with Crippen LogP contribution in [0, 0.1) is 8.30 Å². The number of nitrogens with one attached hydrogen (secondary N) is 1. The number of carboxylic acids is 1. The Morgan fingerprint density at radius 1 is 1.42 bits per heavy atom. The van der Waals surface area contributed by atoms with E-state index in [1.165, 1.54) is 0 Å². The van der Waals surface area contributed by atoms with Gasteiger partial charge in [-0.05, 0) is 46.9 Å². The monoisotopic (exact) mass is 395 g/mol. The quantitative estimate of drug-likeness (QED) is 0.696. The molecule has 0 aromatic carbocycles. The van der Waals surface area contributed by atoms with Crippen LogP contribution in [0.25, 0.3) is 0 Å². The van der Waals surface area contributed by atoms with E-state index in [4.69, 9.17) is 5.11 Å². The minimum Gasteiger partial charge on any atom is -0.481 e. The molecule has 106 valence electrons. The van der Waals surface area contributed by atoms with E-state index in [2.05, 4.69) is 27.9 Å². The van der Waals surface area contributed by atoms with Gasteiger partial charge in [-0.1, -0.05) is 13.8 Å². The lowest BCUT2D eigenvalue weighted by Gasteiger charge is -2.23. The molecule has 0 spiro atoms. The highest BCUT2D eigenvalue weighted by atomic mass is 127. The van der Waals surface area contributed by atoms with Gasteiger partial charge < -0.3 is 10.4 Å². The fraction of sp³-hybridized carbons (Fsp3) is 0.538. The van der Waals surface area contributed by atoms with Crippen molar-refractivity contribution in [3.63, 3.8) is 0 Å². The molecule has 1 aromatic rings. The van der Waals surface area contributed by atoms with Crippen molar-refractivity contribution >= 4 is 45.8 Å². The van der Waals surface area contributed by atoms with Crippen LogP contribution in [0.3, 0.4) is 0 Å². The SMILES string of the molecule is CC(C)(CCNC(=O)c1csc(I)c1)CCC(=O)O. The molecule has 0 atom stereocenters. The third kappa shape index (κ3) is 6.38. The van der Waals surface area contributed by atoms with Gasteiger partial charge in [0.15, 0.2) is 0 Å². The number of hydrogen-bond donors (Lipinski definition) is 2. The normalized spacial score (nSPS) is 11.3. The Morgan fingerprint density at radius 3 is 2.63 bits per heavy atom. The van der Waals surface area contributed by atoms with Gasteiger partial charge >= 0.3 is 5.97 Å². The highest BCUT2D eigenvalue weighted by Crippen LogP contribution is 2.26. The first-order valence-electron chi connectivity index (χ1n) is 6.04. The van der Waals surface area contributed by atoms with Crippen molar-refractivity contribution in [1.29, 1.82) is 0 Å². The number of aliphatic carboxylic acids is 1. The van der Waals surface area contributed by atoms with E-state index in [1.54, 1.807) is 11.3 Å². The summed E-state index contributed by atoms with van der Waals surface area (Å²) in [5, 5.41) is 13.4. The highest BCUT2D eigenvalue weighted by Gasteiger charge is 2.19. The van der Waals surface area contributed by atoms with Gasteiger partial charge in [-0.25, -0.2) is 0 Å². The highest BCUT2D eigenvalue weighted by molar-refractivity contribution is 14.1. The summed E-state index contributed by atoms with van der Waals surface area (Å²) in [6, 6.07) is 1.86. The summed E-state index contributed by atoms with van der Waals surface area (Å²) in [5.74, 6) is -0.835. The van der Waals surface area contributed by atoms with Gasteiger partial charge in [0.1, 0.15) is 0 Å². The van der Waals surface area contributed by atoms with Crippen molar-refractivity contribution in [2.24, 2.45) is 5.41 Å². The van der Waals surface area contributed by atoms with Gasteiger partial charge in [0.2, 0.25) is 0 Å². The summed E-state index contributed by atoms with van der Waals surface area (Å²) >= 11 is 3.73. The maximum atomic E-state index is 11.8. The Hall–Kier alpha value is -0.630. The van der Waals surface area contributed by atoms with Gasteiger partial charge in [-0.3, -0.25) is 9.59 Å². The average Bonchev–Trinajstić information content (AvgIpc) is 2.73. The van der Waals surface area contributed by atoms with Crippen LogP contribution >= 0.6 is 33.9 Å². The maximum Gasteiger partial charge on any atom is 0.303 e. The Morgan fingerprint density at radius 2 is 2.11 bits per heavy atom. The molecule has 0 aliphatic carbocycles. The molecule has 0 fully saturated rings. The summed E-state index contributed by atoms with van der Waals surface area (Å²) in [6.45, 7) is 4.61. The molecule has 2 N–H and O–H groups in total. The molecule has 0 bridgehead atoms. The van der Waals surface area contributed by atoms with Gasteiger partial charge in [0, 0.05) is 18.3 Å². The van der Waals surface area contributed by atoms with E-state index in [1.807, 2.05) is 25.3 Å². The second-order valence-corrected chi connectivity index (χ2v) is 8.01. The number of halogens is 1. The zero-order chi connectivity index (χ0) is 14.5. The lowest BCUT2D eigenvalue weighted by molar-refractivity contribution is -0.137. The predicted molar refractivity (Wildman–Crippen MR) is 84.6 cm³/mol. The van der Waals surface area contributed by atoms with Crippen LogP contribution in [-0.4, -0.2) is 23.5 Å². The first-order valence-corrected chi connectivity index (χ1v) is 8.00. The Labute approximate surface area is 130 Å². The third-order valence-electron chi connectivity index (χ3n) is 2.93. The fourth-order valence-corrected chi connectivity index (χ4v) is 2.94. The maximum absolute atomic E-state index is 11.8. The molecule has 0 saturated heterocycles. The molecular formula is C13H18INO3S. The number of carbonyl (C=O) groups excluding carboxylic acids is 1. The van der Waals surface area contributed by atoms with E-state index >= 15 is 0 Å². The van der Waals surface area contributed by atoms with Crippen molar-refractivity contribution < 1.29 is 14.7 Å². The van der Waals surface area contributed by atoms with Gasteiger partial charge in [-0.15, -0.1) is 11.3 Å². The van der Waals surface area contributed by atoms with Crippen LogP contribution in [0.5, 0.6) is 0 Å². The zero-order valence-corrected chi connectivity index (χ0v) is 14.0. The van der Waals surface area contributed by atoms with Crippen LogP contribution in [0.1, 0.15) is 43.5 Å². The van der Waals surface area contributed by atoms with E-state index in [-0.39, 0.29) is 17.7 Å². The molecule has 0 aliphatic rings. The molecule has 19 heavy (non-hydrogen) atoms. The summed E-state index contributed by atoms with van der Waals surface area (Å²) < 4.78 is 1.09. The minimum absolute atomic E-state index is 0.0619. The van der Waals surface area contributed by atoms with Crippen LogP contribution in [0.15, 0.2) is 11.4 Å². The molecule has 0 unspecified atom stereocenters. The summed E-state index contributed by atoms with van der Waals surface area (Å²) in [6.07, 6.45) is 1.56. The lowest BCUT2D eigenvalue weighted by Crippen LogP contribution is -2.28. The van der Waals surface area contributed by atoms with Crippen molar-refractivity contribution in [2.75, 3.05) is 6.54 Å². The number of amides is 1. The van der Waals surface area contributed by atoms with Crippen LogP contribution < -0.4 is 5.32 Å². The predicted octanol–water partition coefficient (Wildman–Crippen LogP) is 3.36. The van der Waals surface area contributed by atoms with Crippen molar-refractivity contribution in [3.05, 3.63) is 19.9 Å². The third-order valence-corrected chi connectivity index (χ3v) is 4.72. The van der Waals surface area contributed by atoms with Gasteiger partial charge in [-0.2, -0.15) is 0 Å². The van der Waals surface area contributed by atoms with Crippen molar-refractivity contribution in [1.82, 2.24) is 5.32 Å². The molecule has 0 aliphatic heterocycles. The first kappa shape index (κ1) is 16.4. The molecule has 0 radical (unpaired) electrons. The van der Waals surface area contributed by atoms with Crippen LogP contribution in [-0.2, 0) is 4.79 Å². The Balaban J connectivity index is 2.33. The Kier molecular flexibility index (Phi) is 6.25. The Bertz CT molecular complexity index is 456. The number of carbonyl (C=O) groups is 2. The van der Waals surface area contributed by atoms with Crippen LogP contribution in [0.2, 0.25) is 0 Å². The van der Waals surface area contributed by atoms with Gasteiger partial charge in [0.05, 0.1) is 8.45 Å². The average molecular weight is 395 g/mol. The molecule has 4 nitrogen and oxygen atoms in total. The molecule has 1 rings (SSSR count). The molecule has 1 aromatic heterocycles. The van der Waals surface area contributed by atoms with E-state index in [0.717, 1.165) is 9.30 Å². The first-order chi connectivity index (χ1) is 8.80. The molecule has 6 heteroatoms. The topological polar surface area (TPSA) is 66.4 Å². The van der Waals surface area contributed by atoms with Gasteiger partial charge in [0.25, 0.3) is 5.91 Å². The zero-order valence-electron chi connectivity index (χ0n) is 11.0. The summed E-state index contributed by atoms with van der Waals surface area (Å²) in [5.41, 5.74) is 0.618. The largest absolute Gasteiger partial charge is 0.481 e. The molecule has 0 saturated carbocycles. The summed E-state index contributed by atoms with van der Waals surface area (Å²) in [4.78, 5) is 22.4. The molecule has 1 heterocycles. The van der Waals surface area contributed by atoms with E-state index in [9.17, 15) is 9.59 Å². The van der Waals surface area contributed by atoms with E-state index in [0.29, 0.717) is 18.5 Å². The minimum atomic E-state index is -0.773. The lowest BCUT2D eigenvalue weighted by atomic mass is 9.84. The van der Waals surface area contributed by atoms with Crippen molar-refractivity contribution in [3.8, 4) is 0 Å². The second-order valence-electron chi connectivity index (χ2n) is 5.20. The van der Waals surface area contributed by atoms with Crippen LogP contribution in [0.4, 0.5) is 0 Å². The standard InChI is InChI=1S/C13H18INO3S/c1-13(2,4-3-11(16)17)5-6-15-12(18)9-7-10(14)19-8-9/h7-8H,3-6H2,1-2H3,(H,15,18)(H,16,17). The summed E-state index contributed by atoms with van der Waals surface area (Å²) in [7, 11) is 0. The number of hydrogen-bond acceptors (Lipinski definition) is 3. The second kappa shape index (κ2) is 7.23. The molecular weight excluding hydrogens is 377 g/mol. The number of carboxylic acid groups (broad SMARTS) is 1. The van der Waals surface area contributed by atoms with Crippen molar-refractivity contribution in [2.45, 2.75) is 33.1 Å².